The Hall–Kier alpha value is -1.40. The molecule has 1 aliphatic rings. The van der Waals surface area contributed by atoms with Crippen molar-refractivity contribution in [1.82, 2.24) is 5.32 Å². The van der Waals surface area contributed by atoms with Crippen LogP contribution in [-0.4, -0.2) is 46.5 Å². The Kier molecular flexibility index (Phi) is 6.34. The molecule has 0 aliphatic carbocycles. The maximum Gasteiger partial charge on any atom is 0.328 e. The summed E-state index contributed by atoms with van der Waals surface area (Å²) < 4.78 is 0. The number of β-amino-alcohol motifs (C(OH)–C–C–N with tert-alkyl or cyclic N) is 1. The fraction of sp³-hybridized carbons (Fsp3) is 0.500. The van der Waals surface area contributed by atoms with Crippen molar-refractivity contribution < 1.29 is 24.9 Å². The van der Waals surface area contributed by atoms with E-state index in [-0.39, 0.29) is 6.10 Å². The van der Waals surface area contributed by atoms with E-state index in [1.807, 2.05) is 0 Å². The first-order valence-corrected chi connectivity index (χ1v) is 4.05. The number of aliphatic hydroxyl groups is 1. The van der Waals surface area contributed by atoms with Crippen molar-refractivity contribution in [2.24, 2.45) is 0 Å². The summed E-state index contributed by atoms with van der Waals surface area (Å²) in [5.74, 6) is -2.51. The van der Waals surface area contributed by atoms with Gasteiger partial charge in [0.25, 0.3) is 0 Å². The summed E-state index contributed by atoms with van der Waals surface area (Å²) in [6.07, 6.45) is 1.98. The van der Waals surface area contributed by atoms with Crippen molar-refractivity contribution in [3.05, 3.63) is 12.2 Å². The van der Waals surface area contributed by atoms with Crippen LogP contribution >= 0.6 is 0 Å². The van der Waals surface area contributed by atoms with E-state index in [1.165, 1.54) is 0 Å². The van der Waals surface area contributed by atoms with Crippen LogP contribution < -0.4 is 5.32 Å². The minimum atomic E-state index is -1.26. The van der Waals surface area contributed by atoms with Crippen molar-refractivity contribution in [3.8, 4) is 0 Å². The molecular weight excluding hydrogens is 190 g/mol. The van der Waals surface area contributed by atoms with Gasteiger partial charge >= 0.3 is 11.9 Å². The molecule has 1 fully saturated rings. The molecule has 1 heterocycles. The first-order valence-electron chi connectivity index (χ1n) is 4.05. The van der Waals surface area contributed by atoms with Crippen molar-refractivity contribution >= 4 is 11.9 Å². The van der Waals surface area contributed by atoms with Gasteiger partial charge in [-0.15, -0.1) is 0 Å². The predicted molar refractivity (Wildman–Crippen MR) is 47.9 cm³/mol. The second-order valence-corrected chi connectivity index (χ2v) is 2.66. The van der Waals surface area contributed by atoms with Gasteiger partial charge in [-0.25, -0.2) is 9.59 Å². The third kappa shape index (κ3) is 8.69. The zero-order valence-electron chi connectivity index (χ0n) is 7.51. The third-order valence-corrected chi connectivity index (χ3v) is 1.40. The minimum Gasteiger partial charge on any atom is -0.478 e. The first kappa shape index (κ1) is 12.6. The summed E-state index contributed by atoms with van der Waals surface area (Å²) in [4.78, 5) is 19.1. The van der Waals surface area contributed by atoms with Crippen LogP contribution in [0.1, 0.15) is 6.42 Å². The molecule has 1 rings (SSSR count). The molecule has 4 N–H and O–H groups in total. The standard InChI is InChI=1S/C4H9NO.C4H4O4/c6-4-1-2-5-3-4;5-3(6)1-2-4(7)8/h4-6H,1-3H2;1-2H,(H,5,6)(H,7,8)/t4-;/m1./s1. The fourth-order valence-electron chi connectivity index (χ4n) is 0.782. The Bertz CT molecular complexity index is 204. The predicted octanol–water partition coefficient (Wildman–Crippen LogP) is -0.948. The van der Waals surface area contributed by atoms with E-state index < -0.39 is 11.9 Å². The summed E-state index contributed by atoms with van der Waals surface area (Å²) in [7, 11) is 0. The molecule has 6 heteroatoms. The average Bonchev–Trinajstić information content (AvgIpc) is 2.53. The molecule has 0 bridgehead atoms. The first-order chi connectivity index (χ1) is 6.52. The minimum absolute atomic E-state index is 0.0648. The van der Waals surface area contributed by atoms with Gasteiger partial charge in [0.1, 0.15) is 0 Å². The Morgan fingerprint density at radius 3 is 1.86 bits per heavy atom. The van der Waals surface area contributed by atoms with E-state index in [0.717, 1.165) is 19.5 Å². The highest BCUT2D eigenvalue weighted by Crippen LogP contribution is 1.93. The second kappa shape index (κ2) is 7.05. The largest absolute Gasteiger partial charge is 0.478 e. The number of hydrogen-bond acceptors (Lipinski definition) is 4. The van der Waals surface area contributed by atoms with Crippen LogP contribution in [-0.2, 0) is 9.59 Å². The van der Waals surface area contributed by atoms with E-state index in [9.17, 15) is 9.59 Å². The van der Waals surface area contributed by atoms with Gasteiger partial charge < -0.3 is 20.6 Å². The number of aliphatic carboxylic acids is 2. The molecule has 1 saturated heterocycles. The van der Waals surface area contributed by atoms with E-state index in [2.05, 4.69) is 5.32 Å². The maximum absolute atomic E-state index is 9.55. The van der Waals surface area contributed by atoms with Crippen LogP contribution in [0.5, 0.6) is 0 Å². The van der Waals surface area contributed by atoms with Gasteiger partial charge in [-0.3, -0.25) is 0 Å². The van der Waals surface area contributed by atoms with Gasteiger partial charge in [-0.1, -0.05) is 0 Å². The molecule has 1 atom stereocenters. The molecule has 14 heavy (non-hydrogen) atoms. The van der Waals surface area contributed by atoms with Crippen LogP contribution in [0.4, 0.5) is 0 Å². The van der Waals surface area contributed by atoms with Crippen LogP contribution in [0.15, 0.2) is 12.2 Å². The van der Waals surface area contributed by atoms with Gasteiger partial charge in [0, 0.05) is 18.7 Å². The van der Waals surface area contributed by atoms with E-state index >= 15 is 0 Å². The van der Waals surface area contributed by atoms with Crippen LogP contribution in [0.2, 0.25) is 0 Å². The van der Waals surface area contributed by atoms with Crippen LogP contribution in [0.25, 0.3) is 0 Å². The highest BCUT2D eigenvalue weighted by molar-refractivity contribution is 5.89. The molecule has 0 aromatic heterocycles. The fourth-order valence-corrected chi connectivity index (χ4v) is 0.782. The van der Waals surface area contributed by atoms with Crippen molar-refractivity contribution in [3.63, 3.8) is 0 Å². The summed E-state index contributed by atoms with van der Waals surface area (Å²) >= 11 is 0. The third-order valence-electron chi connectivity index (χ3n) is 1.40. The normalized spacial score (nSPS) is 20.2. The highest BCUT2D eigenvalue weighted by Gasteiger charge is 2.08. The summed E-state index contributed by atoms with van der Waals surface area (Å²) in [5, 5.41) is 27.3. The molecular formula is C8H13NO5. The lowest BCUT2D eigenvalue weighted by Crippen LogP contribution is -2.11. The number of hydrogen-bond donors (Lipinski definition) is 4. The smallest absolute Gasteiger partial charge is 0.328 e. The van der Waals surface area contributed by atoms with Crippen LogP contribution in [0.3, 0.4) is 0 Å². The van der Waals surface area contributed by atoms with Gasteiger partial charge in [-0.05, 0) is 13.0 Å². The zero-order valence-corrected chi connectivity index (χ0v) is 7.51. The van der Waals surface area contributed by atoms with E-state index in [1.54, 1.807) is 0 Å². The SMILES string of the molecule is O=C(O)C=CC(=O)O.O[C@@H]1CCNC1. The molecule has 0 unspecified atom stereocenters. The number of nitrogens with one attached hydrogen (secondary N) is 1. The molecule has 1 aliphatic heterocycles. The number of carboxylic acid groups (broad SMARTS) is 2. The lowest BCUT2D eigenvalue weighted by molar-refractivity contribution is -0.134. The Balaban J connectivity index is 0.000000249. The monoisotopic (exact) mass is 203 g/mol. The number of carboxylic acids is 2. The van der Waals surface area contributed by atoms with E-state index in [0.29, 0.717) is 12.2 Å². The second-order valence-electron chi connectivity index (χ2n) is 2.66. The van der Waals surface area contributed by atoms with Crippen LogP contribution in [0, 0.1) is 0 Å². The quantitative estimate of drug-likeness (QED) is 0.431. The summed E-state index contributed by atoms with van der Waals surface area (Å²) in [6, 6.07) is 0. The van der Waals surface area contributed by atoms with Gasteiger partial charge in [0.2, 0.25) is 0 Å². The summed E-state index contributed by atoms with van der Waals surface area (Å²) in [6.45, 7) is 1.78. The van der Waals surface area contributed by atoms with Crippen molar-refractivity contribution in [2.75, 3.05) is 13.1 Å². The zero-order chi connectivity index (χ0) is 11.0. The highest BCUT2D eigenvalue weighted by atomic mass is 16.4. The molecule has 0 amide bonds. The van der Waals surface area contributed by atoms with E-state index in [4.69, 9.17) is 15.3 Å². The Morgan fingerprint density at radius 2 is 1.71 bits per heavy atom. The number of carbonyl (C=O) groups is 2. The van der Waals surface area contributed by atoms with Gasteiger partial charge in [0.15, 0.2) is 0 Å². The molecule has 0 aromatic rings. The van der Waals surface area contributed by atoms with Gasteiger partial charge in [0.05, 0.1) is 6.10 Å². The van der Waals surface area contributed by atoms with Gasteiger partial charge in [-0.2, -0.15) is 0 Å². The maximum atomic E-state index is 9.55. The number of rotatable bonds is 2. The molecule has 6 nitrogen and oxygen atoms in total. The molecule has 0 aromatic carbocycles. The average molecular weight is 203 g/mol. The topological polar surface area (TPSA) is 107 Å². The Labute approximate surface area is 80.9 Å². The lowest BCUT2D eigenvalue weighted by atomic mass is 10.3. The Morgan fingerprint density at radius 1 is 1.21 bits per heavy atom. The molecule has 0 saturated carbocycles. The summed E-state index contributed by atoms with van der Waals surface area (Å²) in [5.41, 5.74) is 0. The lowest BCUT2D eigenvalue weighted by Gasteiger charge is -1.90. The van der Waals surface area contributed by atoms with Crippen molar-refractivity contribution in [2.45, 2.75) is 12.5 Å². The molecule has 80 valence electrons. The number of aliphatic hydroxyl groups excluding tert-OH is 1. The molecule has 0 spiro atoms. The van der Waals surface area contributed by atoms with Crippen molar-refractivity contribution in [1.29, 1.82) is 0 Å². The molecule has 0 radical (unpaired) electrons.